The van der Waals surface area contributed by atoms with Crippen molar-refractivity contribution in [3.8, 4) is 5.75 Å². The van der Waals surface area contributed by atoms with Gasteiger partial charge in [-0.15, -0.1) is 0 Å². The van der Waals surface area contributed by atoms with E-state index in [9.17, 15) is 14.0 Å². The Hall–Kier alpha value is -4.39. The lowest BCUT2D eigenvalue weighted by molar-refractivity contribution is -0.132. The number of nitrogens with zero attached hydrogens (tertiary/aromatic N) is 8. The molecule has 4 aromatic rings. The van der Waals surface area contributed by atoms with Crippen molar-refractivity contribution in [2.45, 2.75) is 32.9 Å². The summed E-state index contributed by atoms with van der Waals surface area (Å²) in [6.45, 7) is 6.94. The number of methoxy groups -OCH3 is 1. The van der Waals surface area contributed by atoms with Crippen molar-refractivity contribution in [3.05, 3.63) is 70.3 Å². The lowest BCUT2D eigenvalue weighted by atomic mass is 10.2. The standard InChI is InChI=1S/C28H33FN8O4/c1-19(18-41-13-8-25(38)34-9-11-35(12-10-34)28-30-14-22(29)15-31-28)37-24-16-32-36(27(39)26(24)20(2)33-37)17-21-4-6-23(40-3)7-5-21/h4-7,14-16,19H,8-13,17-18H2,1-3H3. The average Bonchev–Trinajstić information content (AvgIpc) is 3.34. The van der Waals surface area contributed by atoms with Gasteiger partial charge < -0.3 is 19.3 Å². The van der Waals surface area contributed by atoms with Crippen LogP contribution in [0.4, 0.5) is 10.3 Å². The van der Waals surface area contributed by atoms with Gasteiger partial charge in [0.25, 0.3) is 5.56 Å². The summed E-state index contributed by atoms with van der Waals surface area (Å²) in [5, 5.41) is 9.52. The minimum absolute atomic E-state index is 0.0133. The van der Waals surface area contributed by atoms with E-state index in [0.717, 1.165) is 23.7 Å². The first kappa shape index (κ1) is 28.1. The lowest BCUT2D eigenvalue weighted by Gasteiger charge is -2.34. The maximum absolute atomic E-state index is 13.2. The Morgan fingerprint density at radius 1 is 1.07 bits per heavy atom. The number of rotatable bonds is 10. The number of hydrogen-bond donors (Lipinski definition) is 0. The van der Waals surface area contributed by atoms with Gasteiger partial charge in [-0.05, 0) is 31.5 Å². The van der Waals surface area contributed by atoms with Gasteiger partial charge in [0, 0.05) is 26.2 Å². The second-order valence-electron chi connectivity index (χ2n) is 9.99. The fraction of sp³-hybridized carbons (Fsp3) is 0.429. The molecular weight excluding hydrogens is 531 g/mol. The average molecular weight is 565 g/mol. The molecule has 1 aliphatic rings. The van der Waals surface area contributed by atoms with Crippen LogP contribution in [0.25, 0.3) is 10.9 Å². The molecule has 3 aromatic heterocycles. The molecule has 1 amide bonds. The quantitative estimate of drug-likeness (QED) is 0.267. The molecule has 0 N–H and O–H groups in total. The molecule has 0 saturated carbocycles. The van der Waals surface area contributed by atoms with Gasteiger partial charge >= 0.3 is 0 Å². The minimum atomic E-state index is -0.478. The third-order valence-electron chi connectivity index (χ3n) is 7.14. The SMILES string of the molecule is COc1ccc(Cn2ncc3c(c(C)nn3C(C)COCCC(=O)N3CCN(c4ncc(F)cn4)CC3)c2=O)cc1. The summed E-state index contributed by atoms with van der Waals surface area (Å²) < 4.78 is 27.3. The molecule has 1 saturated heterocycles. The molecule has 13 heteroatoms. The number of benzene rings is 1. The molecule has 216 valence electrons. The summed E-state index contributed by atoms with van der Waals surface area (Å²) in [5.41, 5.74) is 2.01. The van der Waals surface area contributed by atoms with Gasteiger partial charge in [-0.3, -0.25) is 14.3 Å². The van der Waals surface area contributed by atoms with Crippen molar-refractivity contribution in [2.24, 2.45) is 0 Å². The largest absolute Gasteiger partial charge is 0.497 e. The highest BCUT2D eigenvalue weighted by Gasteiger charge is 2.23. The number of hydrogen-bond acceptors (Lipinski definition) is 9. The second-order valence-corrected chi connectivity index (χ2v) is 9.99. The number of carbonyl (C=O) groups is 1. The third-order valence-corrected chi connectivity index (χ3v) is 7.14. The first-order valence-electron chi connectivity index (χ1n) is 13.5. The highest BCUT2D eigenvalue weighted by molar-refractivity contribution is 5.80. The van der Waals surface area contributed by atoms with Crippen LogP contribution in [-0.4, -0.2) is 86.8 Å². The van der Waals surface area contributed by atoms with E-state index in [1.165, 1.54) is 4.68 Å². The van der Waals surface area contributed by atoms with Crippen LogP contribution in [0.15, 0.2) is 47.7 Å². The highest BCUT2D eigenvalue weighted by Crippen LogP contribution is 2.19. The number of fused-ring (bicyclic) bond motifs is 1. The number of anilines is 1. The Kier molecular flexibility index (Phi) is 8.53. The zero-order chi connectivity index (χ0) is 28.9. The van der Waals surface area contributed by atoms with Crippen LogP contribution < -0.4 is 15.2 Å². The van der Waals surface area contributed by atoms with E-state index in [4.69, 9.17) is 9.47 Å². The first-order chi connectivity index (χ1) is 19.8. The van der Waals surface area contributed by atoms with Gasteiger partial charge in [-0.2, -0.15) is 10.2 Å². The zero-order valence-corrected chi connectivity index (χ0v) is 23.4. The smallest absolute Gasteiger partial charge is 0.278 e. The van der Waals surface area contributed by atoms with E-state index in [-0.39, 0.29) is 30.5 Å². The normalized spacial score (nSPS) is 14.4. The summed E-state index contributed by atoms with van der Waals surface area (Å²) in [6, 6.07) is 7.34. The van der Waals surface area contributed by atoms with Crippen molar-refractivity contribution in [1.29, 1.82) is 0 Å². The van der Waals surface area contributed by atoms with Crippen LogP contribution in [0.3, 0.4) is 0 Å². The molecule has 5 rings (SSSR count). The molecule has 41 heavy (non-hydrogen) atoms. The number of carbonyl (C=O) groups excluding carboxylic acids is 1. The summed E-state index contributed by atoms with van der Waals surface area (Å²) in [7, 11) is 1.61. The lowest BCUT2D eigenvalue weighted by Crippen LogP contribution is -2.49. The van der Waals surface area contributed by atoms with Crippen molar-refractivity contribution in [3.63, 3.8) is 0 Å². The Labute approximate surface area is 236 Å². The summed E-state index contributed by atoms with van der Waals surface area (Å²) in [4.78, 5) is 37.7. The predicted octanol–water partition coefficient (Wildman–Crippen LogP) is 2.20. The Bertz CT molecular complexity index is 1550. The van der Waals surface area contributed by atoms with Gasteiger partial charge in [-0.25, -0.2) is 19.0 Å². The van der Waals surface area contributed by atoms with Crippen molar-refractivity contribution < 1.29 is 18.7 Å². The molecule has 0 spiro atoms. The molecule has 1 fully saturated rings. The van der Waals surface area contributed by atoms with Crippen LogP contribution in [0.5, 0.6) is 5.75 Å². The maximum Gasteiger partial charge on any atom is 0.278 e. The highest BCUT2D eigenvalue weighted by atomic mass is 19.1. The van der Waals surface area contributed by atoms with E-state index in [1.54, 1.807) is 22.9 Å². The van der Waals surface area contributed by atoms with Crippen LogP contribution in [0.1, 0.15) is 30.6 Å². The molecule has 0 aliphatic carbocycles. The number of amides is 1. The van der Waals surface area contributed by atoms with Gasteiger partial charge in [0.05, 0.1) is 74.5 Å². The van der Waals surface area contributed by atoms with Crippen LogP contribution >= 0.6 is 0 Å². The third kappa shape index (κ3) is 6.35. The number of halogens is 1. The molecule has 1 aliphatic heterocycles. The van der Waals surface area contributed by atoms with Crippen LogP contribution in [0.2, 0.25) is 0 Å². The summed E-state index contributed by atoms with van der Waals surface area (Å²) in [6.07, 6.45) is 4.21. The minimum Gasteiger partial charge on any atom is -0.497 e. The van der Waals surface area contributed by atoms with Gasteiger partial charge in [0.1, 0.15) is 5.75 Å². The molecule has 1 aromatic carbocycles. The van der Waals surface area contributed by atoms with Crippen molar-refractivity contribution >= 4 is 22.8 Å². The molecule has 12 nitrogen and oxygen atoms in total. The van der Waals surface area contributed by atoms with Crippen LogP contribution in [-0.2, 0) is 16.1 Å². The second kappa shape index (κ2) is 12.4. The van der Waals surface area contributed by atoms with E-state index < -0.39 is 5.82 Å². The molecular formula is C28H33FN8O4. The molecule has 0 radical (unpaired) electrons. The molecule has 0 bridgehead atoms. The Morgan fingerprint density at radius 2 is 1.78 bits per heavy atom. The number of ether oxygens (including phenoxy) is 2. The maximum atomic E-state index is 13.2. The predicted molar refractivity (Wildman–Crippen MR) is 150 cm³/mol. The van der Waals surface area contributed by atoms with Crippen LogP contribution in [0, 0.1) is 12.7 Å². The fourth-order valence-electron chi connectivity index (χ4n) is 4.88. The first-order valence-corrected chi connectivity index (χ1v) is 13.5. The Balaban J connectivity index is 1.12. The topological polar surface area (TPSA) is 120 Å². The molecule has 4 heterocycles. The molecule has 1 atom stereocenters. The van der Waals surface area contributed by atoms with E-state index in [2.05, 4.69) is 20.2 Å². The molecule has 1 unspecified atom stereocenters. The number of piperazine rings is 1. The van der Waals surface area contributed by atoms with Gasteiger partial charge in [0.2, 0.25) is 11.9 Å². The summed E-state index contributed by atoms with van der Waals surface area (Å²) in [5.74, 6) is 0.746. The summed E-state index contributed by atoms with van der Waals surface area (Å²) >= 11 is 0. The van der Waals surface area contributed by atoms with Crippen molar-refractivity contribution in [1.82, 2.24) is 34.4 Å². The number of aryl methyl sites for hydroxylation is 1. The van der Waals surface area contributed by atoms with Gasteiger partial charge in [0.15, 0.2) is 5.82 Å². The zero-order valence-electron chi connectivity index (χ0n) is 23.4. The van der Waals surface area contributed by atoms with E-state index >= 15 is 0 Å². The van der Waals surface area contributed by atoms with E-state index in [0.29, 0.717) is 61.9 Å². The Morgan fingerprint density at radius 3 is 2.46 bits per heavy atom. The van der Waals surface area contributed by atoms with Gasteiger partial charge in [-0.1, -0.05) is 12.1 Å². The van der Waals surface area contributed by atoms with E-state index in [1.807, 2.05) is 43.0 Å². The fourth-order valence-corrected chi connectivity index (χ4v) is 4.88. The van der Waals surface area contributed by atoms with Crippen molar-refractivity contribution in [2.75, 3.05) is 51.4 Å². The number of aromatic nitrogens is 6. The monoisotopic (exact) mass is 564 g/mol.